The molecule has 5 rings (SSSR count). The quantitative estimate of drug-likeness (QED) is 0.0235. The highest BCUT2D eigenvalue weighted by molar-refractivity contribution is 7.89. The van der Waals surface area contributed by atoms with Crippen LogP contribution in [0.2, 0.25) is 0 Å². The molecular formula is C74H112N16O13S3. The number of unbranched alkanes of at least 4 members (excludes halogenated alkanes) is 4. The molecule has 106 heavy (non-hydrogen) atoms. The van der Waals surface area contributed by atoms with E-state index in [4.69, 9.17) is 34.4 Å². The van der Waals surface area contributed by atoms with Crippen LogP contribution in [0.4, 0.5) is 0 Å². The van der Waals surface area contributed by atoms with Gasteiger partial charge >= 0.3 is 0 Å². The maximum Gasteiger partial charge on any atom is 0.243 e. The lowest BCUT2D eigenvalue weighted by Crippen LogP contribution is -2.58. The van der Waals surface area contributed by atoms with Gasteiger partial charge < -0.3 is 71.6 Å². The molecule has 0 fully saturated rings. The number of nitrogens with zero attached hydrogens (tertiary/aromatic N) is 3. The number of carbonyl (C=O) groups excluding carboxylic acids is 7. The molecule has 19 N–H and O–H groups in total. The molecule has 7 atom stereocenters. The Labute approximate surface area is 625 Å². The van der Waals surface area contributed by atoms with Gasteiger partial charge in [-0.05, 0) is 125 Å². The third-order valence-electron chi connectivity index (χ3n) is 17.7. The first-order valence-corrected chi connectivity index (χ1v) is 41.0. The number of nitrogens with two attached hydrogens (primary N) is 6. The molecule has 584 valence electrons. The number of amides is 7. The normalized spacial score (nSPS) is 13.9. The van der Waals surface area contributed by atoms with E-state index in [0.29, 0.717) is 112 Å². The predicted octanol–water partition coefficient (Wildman–Crippen LogP) is 0.467. The van der Waals surface area contributed by atoms with E-state index in [0.717, 1.165) is 12.9 Å². The molecule has 0 aliphatic rings. The van der Waals surface area contributed by atoms with Crippen LogP contribution in [0.25, 0.3) is 0 Å². The van der Waals surface area contributed by atoms with Crippen LogP contribution in [-0.4, -0.2) is 207 Å². The number of hydrogen-bond acceptors (Lipinski definition) is 19. The van der Waals surface area contributed by atoms with Gasteiger partial charge in [-0.2, -0.15) is 12.9 Å². The number of hydrogen-bond donors (Lipinski definition) is 13. The number of likely N-dealkylation sites (N-methyl/N-ethyl adjacent to an activating group) is 1. The molecule has 0 saturated carbocycles. The van der Waals surface area contributed by atoms with Gasteiger partial charge in [-0.25, -0.2) is 25.3 Å². The second-order valence-electron chi connectivity index (χ2n) is 26.4. The maximum absolute atomic E-state index is 15.1. The zero-order valence-electron chi connectivity index (χ0n) is 60.8. The van der Waals surface area contributed by atoms with E-state index in [1.54, 1.807) is 159 Å². The Morgan fingerprint density at radius 2 is 0.632 bits per heavy atom. The maximum atomic E-state index is 15.1. The topological polar surface area (TPSA) is 472 Å². The first-order valence-electron chi connectivity index (χ1n) is 36.2. The van der Waals surface area contributed by atoms with Crippen LogP contribution >= 0.6 is 0 Å². The van der Waals surface area contributed by atoms with Gasteiger partial charge in [0, 0.05) is 57.1 Å². The summed E-state index contributed by atoms with van der Waals surface area (Å²) in [6.07, 6.45) is 4.87. The van der Waals surface area contributed by atoms with Crippen LogP contribution in [0.15, 0.2) is 152 Å². The van der Waals surface area contributed by atoms with Crippen molar-refractivity contribution in [1.29, 1.82) is 0 Å². The van der Waals surface area contributed by atoms with Crippen molar-refractivity contribution < 1.29 is 58.8 Å². The number of nitrogens with one attached hydrogen (secondary N) is 7. The fraction of sp³-hybridized carbons (Fsp3) is 0.500. The van der Waals surface area contributed by atoms with Gasteiger partial charge in [0.25, 0.3) is 0 Å². The summed E-state index contributed by atoms with van der Waals surface area (Å²) in [5, 5.41) is 20.0. The van der Waals surface area contributed by atoms with Crippen molar-refractivity contribution in [2.45, 2.75) is 150 Å². The van der Waals surface area contributed by atoms with Crippen LogP contribution in [0.5, 0.6) is 0 Å². The monoisotopic (exact) mass is 1530 g/mol. The summed E-state index contributed by atoms with van der Waals surface area (Å²) in [5.74, 6) is -7.22. The molecule has 0 saturated heterocycles. The van der Waals surface area contributed by atoms with Crippen molar-refractivity contribution in [3.05, 3.63) is 179 Å². The van der Waals surface area contributed by atoms with Crippen molar-refractivity contribution in [2.75, 3.05) is 84.8 Å². The minimum absolute atomic E-state index is 0.000247. The van der Waals surface area contributed by atoms with E-state index in [1.807, 2.05) is 0 Å². The van der Waals surface area contributed by atoms with Gasteiger partial charge in [0.1, 0.15) is 18.1 Å². The average Bonchev–Trinajstić information content (AvgIpc) is 0.834. The summed E-state index contributed by atoms with van der Waals surface area (Å²) >= 11 is 0. The number of benzene rings is 5. The molecule has 0 heterocycles. The second kappa shape index (κ2) is 47.5. The molecule has 0 aliphatic carbocycles. The molecule has 0 unspecified atom stereocenters. The lowest BCUT2D eigenvalue weighted by molar-refractivity contribution is -0.130. The van der Waals surface area contributed by atoms with Gasteiger partial charge in [0.15, 0.2) is 0 Å². The SMILES string of the molecule is CN[C@@H](CCCCN)C(=O)N[C@@H](CCCCN)CN(CC(=O)N[C@@H](Cc1ccccc1)C(=O)N[C@@H](CCCCN)CN(CC(=O)N[C@@H](Cc1ccccc1)C(=O)N[C@@H](Cc1ccccc1)CN(CC(=O)N[C@@H](CCCCN)C(N)=O)S(=O)(=O)Cc1ccccc1)S(=O)(=O)CCN)S(=O)(=O)Cc1ccccc1. The van der Waals surface area contributed by atoms with E-state index in [-0.39, 0.29) is 57.6 Å². The van der Waals surface area contributed by atoms with Crippen LogP contribution < -0.4 is 71.6 Å². The first kappa shape index (κ1) is 88.5. The van der Waals surface area contributed by atoms with Crippen LogP contribution in [0.1, 0.15) is 105 Å². The third kappa shape index (κ3) is 32.9. The lowest BCUT2D eigenvalue weighted by Gasteiger charge is -2.31. The molecule has 7 amide bonds. The Balaban J connectivity index is 1.49. The molecule has 0 spiro atoms. The highest BCUT2D eigenvalue weighted by Gasteiger charge is 2.36. The Bertz CT molecular complexity index is 3810. The van der Waals surface area contributed by atoms with Crippen LogP contribution in [-0.2, 0) is 94.4 Å². The van der Waals surface area contributed by atoms with Gasteiger partial charge in [-0.1, -0.05) is 171 Å². The zero-order chi connectivity index (χ0) is 77.3. The molecule has 0 radical (unpaired) electrons. The number of primary amides is 1. The van der Waals surface area contributed by atoms with Crippen molar-refractivity contribution in [2.24, 2.45) is 34.4 Å². The second-order valence-corrected chi connectivity index (χ2v) is 32.4. The van der Waals surface area contributed by atoms with E-state index in [1.165, 1.54) is 0 Å². The Hall–Kier alpha value is -8.12. The van der Waals surface area contributed by atoms with Crippen molar-refractivity contribution in [3.63, 3.8) is 0 Å². The van der Waals surface area contributed by atoms with Crippen LogP contribution in [0, 0.1) is 0 Å². The summed E-state index contributed by atoms with van der Waals surface area (Å²) in [6, 6.07) is 35.0. The van der Waals surface area contributed by atoms with Gasteiger partial charge in [0.2, 0.25) is 71.4 Å². The van der Waals surface area contributed by atoms with Gasteiger partial charge in [0.05, 0.1) is 42.9 Å². The van der Waals surface area contributed by atoms with Gasteiger partial charge in [-0.3, -0.25) is 33.6 Å². The van der Waals surface area contributed by atoms with Crippen molar-refractivity contribution in [1.82, 2.24) is 50.1 Å². The summed E-state index contributed by atoms with van der Waals surface area (Å²) < 4.78 is 90.4. The standard InChI is InChI=1S/C74H112N16O13S3/c1-81-65(38-20-24-42-78)72(95)82-62(36-18-22-40-76)49-89(105(100,101)54-59-31-13-5-14-32-59)53-70(93)86-66(46-57-27-9-3-10-28-57)73(96)83-61(35-17-21-39-75)48-88(104(98,99)44-43-79)51-69(92)87-67(47-58-29-11-4-12-30-58)74(97)84-63(45-56-25-7-2-8-26-56)50-90(106(102,103)55-60-33-15-6-16-34-60)52-68(91)85-64(71(80)94)37-19-23-41-77/h2-16,25-34,61-67,81H,17-24,35-55,75-79H2,1H3,(H2,80,94)(H,82,95)(H,83,96)(H,84,97)(H,85,91)(H,86,93)(H,87,92)/t61-,62-,63-,64-,65-,66-,67-/m0/s1. The Morgan fingerprint density at radius 3 is 0.972 bits per heavy atom. The molecule has 29 nitrogen and oxygen atoms in total. The fourth-order valence-corrected chi connectivity index (χ4v) is 16.4. The zero-order valence-corrected chi connectivity index (χ0v) is 63.3. The number of rotatable bonds is 54. The lowest BCUT2D eigenvalue weighted by atomic mass is 10.0. The molecule has 0 bridgehead atoms. The summed E-state index contributed by atoms with van der Waals surface area (Å²) in [5.41, 5.74) is 37.5. The first-order chi connectivity index (χ1) is 50.8. The molecule has 0 aliphatic heterocycles. The summed E-state index contributed by atoms with van der Waals surface area (Å²) in [6.45, 7) is -2.92. The Kier molecular flexibility index (Phi) is 39.7. The highest BCUT2D eigenvalue weighted by Crippen LogP contribution is 2.19. The molecular weight excluding hydrogens is 1420 g/mol. The minimum atomic E-state index is -4.48. The molecule has 0 aromatic heterocycles. The van der Waals surface area contributed by atoms with Crippen molar-refractivity contribution in [3.8, 4) is 0 Å². The summed E-state index contributed by atoms with van der Waals surface area (Å²) in [4.78, 5) is 100. The smallest absolute Gasteiger partial charge is 0.243 e. The van der Waals surface area contributed by atoms with Crippen LogP contribution in [0.3, 0.4) is 0 Å². The van der Waals surface area contributed by atoms with Gasteiger partial charge in [-0.15, -0.1) is 0 Å². The largest absolute Gasteiger partial charge is 0.368 e. The van der Waals surface area contributed by atoms with E-state index < -0.39 is 158 Å². The molecule has 5 aromatic rings. The number of carbonyl (C=O) groups is 7. The van der Waals surface area contributed by atoms with E-state index in [2.05, 4.69) is 37.2 Å². The molecule has 5 aromatic carbocycles. The average molecular weight is 1530 g/mol. The predicted molar refractivity (Wildman–Crippen MR) is 411 cm³/mol. The van der Waals surface area contributed by atoms with Crippen molar-refractivity contribution >= 4 is 71.4 Å². The number of sulfonamides is 3. The molecule has 32 heteroatoms. The fourth-order valence-electron chi connectivity index (χ4n) is 12.0. The Morgan fingerprint density at radius 1 is 0.340 bits per heavy atom. The highest BCUT2D eigenvalue weighted by atomic mass is 32.2. The van der Waals surface area contributed by atoms with E-state index >= 15 is 9.59 Å². The third-order valence-corrected chi connectivity index (χ3v) is 23.0. The van der Waals surface area contributed by atoms with E-state index in [9.17, 15) is 49.2 Å². The summed E-state index contributed by atoms with van der Waals surface area (Å²) in [7, 11) is -11.6. The minimum Gasteiger partial charge on any atom is -0.368 e.